The van der Waals surface area contributed by atoms with Crippen molar-refractivity contribution in [1.29, 1.82) is 0 Å². The number of imidazole rings is 2. The molecule has 0 saturated carbocycles. The summed E-state index contributed by atoms with van der Waals surface area (Å²) in [5, 5.41) is 2.39. The summed E-state index contributed by atoms with van der Waals surface area (Å²) < 4.78 is 79.3. The van der Waals surface area contributed by atoms with E-state index in [1.807, 2.05) is 0 Å². The van der Waals surface area contributed by atoms with Crippen molar-refractivity contribution < 1.29 is 26.3 Å². The maximum atomic E-state index is 12.8. The lowest BCUT2D eigenvalue weighted by atomic mass is 10.3. The number of fused-ring (bicyclic) bond motifs is 2. The Balaban J connectivity index is 1.88. The van der Waals surface area contributed by atoms with Crippen molar-refractivity contribution >= 4 is 43.3 Å². The molecular weight excluding hydrogens is 466 g/mol. The van der Waals surface area contributed by atoms with Crippen LogP contribution in [0.3, 0.4) is 0 Å². The van der Waals surface area contributed by atoms with Gasteiger partial charge in [0.15, 0.2) is 5.82 Å². The number of halogens is 7. The van der Waals surface area contributed by atoms with Crippen molar-refractivity contribution in [1.82, 2.24) is 29.1 Å². The highest BCUT2D eigenvalue weighted by Crippen LogP contribution is 2.37. The third kappa shape index (κ3) is 2.86. The maximum absolute atomic E-state index is 12.8. The third-order valence-corrected chi connectivity index (χ3v) is 5.33. The molecule has 0 unspecified atom stereocenters. The van der Waals surface area contributed by atoms with E-state index in [4.69, 9.17) is 0 Å². The van der Waals surface area contributed by atoms with Crippen LogP contribution in [0.4, 0.5) is 26.3 Å². The van der Waals surface area contributed by atoms with E-state index in [9.17, 15) is 26.3 Å². The molecule has 0 spiro atoms. The quantitative estimate of drug-likeness (QED) is 0.383. The summed E-state index contributed by atoms with van der Waals surface area (Å²) in [5.74, 6) is 0.157. The van der Waals surface area contributed by atoms with Crippen molar-refractivity contribution in [3.63, 3.8) is 0 Å². The molecule has 142 valence electrons. The first-order chi connectivity index (χ1) is 12.5. The van der Waals surface area contributed by atoms with Crippen molar-refractivity contribution in [3.05, 3.63) is 27.6 Å². The van der Waals surface area contributed by atoms with Gasteiger partial charge in [-0.15, -0.1) is 5.10 Å². The van der Waals surface area contributed by atoms with Gasteiger partial charge in [-0.25, -0.2) is 15.0 Å². The predicted molar refractivity (Wildman–Crippen MR) is 86.1 cm³/mol. The third-order valence-electron chi connectivity index (χ3n) is 3.66. The summed E-state index contributed by atoms with van der Waals surface area (Å²) in [6, 6.07) is 0.797. The van der Waals surface area contributed by atoms with Gasteiger partial charge in [0, 0.05) is 7.05 Å². The van der Waals surface area contributed by atoms with Crippen LogP contribution < -0.4 is 0 Å². The largest absolute Gasteiger partial charge is 0.445 e. The van der Waals surface area contributed by atoms with Crippen molar-refractivity contribution in [3.8, 4) is 11.5 Å². The topological polar surface area (TPSA) is 60.9 Å². The van der Waals surface area contributed by atoms with Gasteiger partial charge in [0.25, 0.3) is 0 Å². The van der Waals surface area contributed by atoms with Gasteiger partial charge < -0.3 is 4.57 Å². The number of hydrogen-bond acceptors (Lipinski definition) is 5. The Kier molecular flexibility index (Phi) is 3.79. The molecule has 4 aromatic rings. The zero-order chi connectivity index (χ0) is 19.7. The Bertz CT molecular complexity index is 1190. The van der Waals surface area contributed by atoms with Crippen LogP contribution in [-0.2, 0) is 19.4 Å². The lowest BCUT2D eigenvalue weighted by molar-refractivity contribution is -0.141. The molecule has 14 heteroatoms. The summed E-state index contributed by atoms with van der Waals surface area (Å²) in [6.45, 7) is 0. The molecule has 0 N–H and O–H groups in total. The molecule has 6 nitrogen and oxygen atoms in total. The number of hydrogen-bond donors (Lipinski definition) is 0. The number of aryl methyl sites for hydroxylation is 1. The highest BCUT2D eigenvalue weighted by atomic mass is 79.9. The van der Waals surface area contributed by atoms with E-state index in [-0.39, 0.29) is 26.6 Å². The molecule has 27 heavy (non-hydrogen) atoms. The van der Waals surface area contributed by atoms with Crippen LogP contribution in [-0.4, -0.2) is 29.1 Å². The first-order valence-corrected chi connectivity index (χ1v) is 8.60. The summed E-state index contributed by atoms with van der Waals surface area (Å²) in [6.07, 6.45) is -8.20. The van der Waals surface area contributed by atoms with E-state index in [1.54, 1.807) is 0 Å². The number of nitrogens with zero attached hydrogens (tertiary/aromatic N) is 6. The Hall–Kier alpha value is -2.22. The molecule has 0 atom stereocenters. The molecule has 0 aliphatic rings. The van der Waals surface area contributed by atoms with Gasteiger partial charge in [0.2, 0.25) is 9.97 Å². The first-order valence-electron chi connectivity index (χ1n) is 6.99. The molecule has 4 heterocycles. The molecule has 0 amide bonds. The molecule has 0 saturated heterocycles. The average molecular weight is 471 g/mol. The van der Waals surface area contributed by atoms with Crippen LogP contribution in [0, 0.1) is 0 Å². The molecule has 0 fully saturated rings. The summed E-state index contributed by atoms with van der Waals surface area (Å²) in [4.78, 5) is 11.6. The Morgan fingerprint density at radius 1 is 1.07 bits per heavy atom. The molecule has 0 radical (unpaired) electrons. The molecule has 4 aromatic heterocycles. The lowest BCUT2D eigenvalue weighted by Gasteiger charge is -2.04. The van der Waals surface area contributed by atoms with Gasteiger partial charge in [-0.1, -0.05) is 11.3 Å². The summed E-state index contributed by atoms with van der Waals surface area (Å²) in [5.41, 5.74) is -0.608. The van der Waals surface area contributed by atoms with Crippen molar-refractivity contribution in [2.75, 3.05) is 0 Å². The van der Waals surface area contributed by atoms with E-state index in [0.29, 0.717) is 16.9 Å². The first kappa shape index (κ1) is 18.2. The van der Waals surface area contributed by atoms with E-state index in [2.05, 4.69) is 36.0 Å². The van der Waals surface area contributed by atoms with Gasteiger partial charge in [0.1, 0.15) is 16.0 Å². The van der Waals surface area contributed by atoms with Crippen LogP contribution in [0.2, 0.25) is 0 Å². The highest BCUT2D eigenvalue weighted by Gasteiger charge is 2.37. The van der Waals surface area contributed by atoms with Crippen LogP contribution in [0.15, 0.2) is 16.9 Å². The molecular formula is C13H5BrF6N6S. The second-order valence-electron chi connectivity index (χ2n) is 5.40. The fraction of sp³-hybridized carbons (Fsp3) is 0.231. The van der Waals surface area contributed by atoms with Crippen molar-refractivity contribution in [2.24, 2.45) is 7.05 Å². The monoisotopic (exact) mass is 470 g/mol. The maximum Gasteiger partial charge on any atom is 0.445 e. The predicted octanol–water partition coefficient (Wildman–Crippen LogP) is 4.54. The van der Waals surface area contributed by atoms with Gasteiger partial charge >= 0.3 is 12.4 Å². The molecule has 4 rings (SSSR count). The molecule has 0 aliphatic carbocycles. The van der Waals surface area contributed by atoms with E-state index in [1.165, 1.54) is 11.6 Å². The van der Waals surface area contributed by atoms with E-state index in [0.717, 1.165) is 16.8 Å². The van der Waals surface area contributed by atoms with Crippen LogP contribution in [0.1, 0.15) is 10.7 Å². The normalized spacial score (nSPS) is 13.2. The number of rotatable bonds is 1. The lowest BCUT2D eigenvalue weighted by Crippen LogP contribution is -2.07. The van der Waals surface area contributed by atoms with Crippen molar-refractivity contribution in [2.45, 2.75) is 12.4 Å². The Labute approximate surface area is 157 Å². The smallest absolute Gasteiger partial charge is 0.324 e. The SMILES string of the molecule is Cn1c(-c2nc3sc(C(F)(F)F)nn3c2Br)nc2cc(C(F)(F)F)ncc21. The second-order valence-corrected chi connectivity index (χ2v) is 7.11. The minimum Gasteiger partial charge on any atom is -0.324 e. The number of alkyl halides is 6. The van der Waals surface area contributed by atoms with Crippen LogP contribution in [0.5, 0.6) is 0 Å². The summed E-state index contributed by atoms with van der Waals surface area (Å²) >= 11 is 3.47. The average Bonchev–Trinajstić information content (AvgIpc) is 3.19. The molecule has 0 aliphatic heterocycles. The highest BCUT2D eigenvalue weighted by molar-refractivity contribution is 9.10. The van der Waals surface area contributed by atoms with Crippen LogP contribution in [0.25, 0.3) is 27.5 Å². The zero-order valence-corrected chi connectivity index (χ0v) is 15.3. The van der Waals surface area contributed by atoms with Gasteiger partial charge in [-0.3, -0.25) is 0 Å². The second kappa shape index (κ2) is 5.64. The Morgan fingerprint density at radius 3 is 2.37 bits per heavy atom. The standard InChI is InChI=1S/C13H5BrF6N6S/c1-25-5-3-21-6(12(15,16)17)2-4(5)22-9(25)7-8(14)26-11(23-7)27-10(24-26)13(18,19)20/h2-3H,1H3. The molecule has 0 bridgehead atoms. The number of pyridine rings is 1. The fourth-order valence-corrected chi connectivity index (χ4v) is 3.83. The van der Waals surface area contributed by atoms with E-state index >= 15 is 0 Å². The minimum absolute atomic E-state index is 0.0296. The Morgan fingerprint density at radius 2 is 1.78 bits per heavy atom. The minimum atomic E-state index is -4.62. The number of aromatic nitrogens is 6. The zero-order valence-electron chi connectivity index (χ0n) is 12.9. The van der Waals surface area contributed by atoms with Gasteiger partial charge in [-0.05, 0) is 22.0 Å². The van der Waals surface area contributed by atoms with Crippen LogP contribution >= 0.6 is 27.3 Å². The fourth-order valence-electron chi connectivity index (χ4n) is 2.44. The van der Waals surface area contributed by atoms with E-state index < -0.39 is 23.1 Å². The summed E-state index contributed by atoms with van der Waals surface area (Å²) in [7, 11) is 1.54. The van der Waals surface area contributed by atoms with Gasteiger partial charge in [0.05, 0.1) is 17.2 Å². The molecule has 0 aromatic carbocycles. The van der Waals surface area contributed by atoms with Gasteiger partial charge in [-0.2, -0.15) is 30.9 Å².